The largest absolute Gasteiger partial charge is 0.366 e. The highest BCUT2D eigenvalue weighted by Gasteiger charge is 2.27. The van der Waals surface area contributed by atoms with Gasteiger partial charge in [0.15, 0.2) is 0 Å². The maximum absolute atomic E-state index is 9.22. The summed E-state index contributed by atoms with van der Waals surface area (Å²) in [6.07, 6.45) is 4.73. The molecular formula is C18H18N6. The van der Waals surface area contributed by atoms with Crippen LogP contribution in [0.5, 0.6) is 0 Å². The van der Waals surface area contributed by atoms with Gasteiger partial charge in [-0.2, -0.15) is 15.5 Å². The lowest BCUT2D eigenvalue weighted by molar-refractivity contribution is 0.626. The molecule has 2 aromatic rings. The minimum Gasteiger partial charge on any atom is -0.366 e. The van der Waals surface area contributed by atoms with Crippen molar-refractivity contribution in [1.82, 2.24) is 9.97 Å². The van der Waals surface area contributed by atoms with E-state index in [4.69, 9.17) is 5.26 Å². The highest BCUT2D eigenvalue weighted by Crippen LogP contribution is 2.28. The van der Waals surface area contributed by atoms with Crippen molar-refractivity contribution in [3.63, 3.8) is 0 Å². The van der Waals surface area contributed by atoms with Crippen LogP contribution in [0.1, 0.15) is 30.4 Å². The Bertz CT molecular complexity index is 817. The van der Waals surface area contributed by atoms with Gasteiger partial charge in [0.25, 0.3) is 0 Å². The molecule has 0 radical (unpaired) electrons. The van der Waals surface area contributed by atoms with Gasteiger partial charge in [-0.3, -0.25) is 0 Å². The van der Waals surface area contributed by atoms with E-state index in [0.29, 0.717) is 11.5 Å². The standard InChI is InChI=1S/C18H18N6/c1-12-11-21-18(22-15-6-2-4-13(8-15)9-19)24-17(12)23-16-7-3-5-14(16)10-20/h2,4,6,8,11,14,16H,3,5,7H2,1H3,(H2,21,22,23,24)/t14-,16+/m0/s1. The summed E-state index contributed by atoms with van der Waals surface area (Å²) in [5.41, 5.74) is 2.28. The van der Waals surface area contributed by atoms with Crippen molar-refractivity contribution >= 4 is 17.5 Å². The van der Waals surface area contributed by atoms with E-state index in [1.807, 2.05) is 19.1 Å². The first-order valence-electron chi connectivity index (χ1n) is 7.96. The molecule has 0 saturated heterocycles. The molecule has 0 amide bonds. The van der Waals surface area contributed by atoms with Crippen LogP contribution in [-0.2, 0) is 0 Å². The summed E-state index contributed by atoms with van der Waals surface area (Å²) in [4.78, 5) is 8.82. The lowest BCUT2D eigenvalue weighted by Gasteiger charge is -2.18. The van der Waals surface area contributed by atoms with E-state index in [9.17, 15) is 5.26 Å². The summed E-state index contributed by atoms with van der Waals surface area (Å²) < 4.78 is 0. The lowest BCUT2D eigenvalue weighted by Crippen LogP contribution is -2.24. The van der Waals surface area contributed by atoms with E-state index in [-0.39, 0.29) is 12.0 Å². The molecule has 6 heteroatoms. The molecule has 0 bridgehead atoms. The summed E-state index contributed by atoms with van der Waals surface area (Å²) in [7, 11) is 0. The second-order valence-corrected chi connectivity index (χ2v) is 5.96. The van der Waals surface area contributed by atoms with Gasteiger partial charge in [0.1, 0.15) is 5.82 Å². The number of rotatable bonds is 4. The molecule has 0 spiro atoms. The summed E-state index contributed by atoms with van der Waals surface area (Å²) in [5.74, 6) is 1.24. The first-order chi connectivity index (χ1) is 11.7. The van der Waals surface area contributed by atoms with Gasteiger partial charge in [-0.1, -0.05) is 6.07 Å². The van der Waals surface area contributed by atoms with Gasteiger partial charge < -0.3 is 10.6 Å². The molecule has 2 atom stereocenters. The van der Waals surface area contributed by atoms with Gasteiger partial charge in [-0.25, -0.2) is 4.98 Å². The average Bonchev–Trinajstić information content (AvgIpc) is 3.05. The molecular weight excluding hydrogens is 300 g/mol. The van der Waals surface area contributed by atoms with Crippen molar-refractivity contribution in [3.05, 3.63) is 41.6 Å². The highest BCUT2D eigenvalue weighted by molar-refractivity contribution is 5.58. The molecule has 6 nitrogen and oxygen atoms in total. The van der Waals surface area contributed by atoms with Crippen LogP contribution in [0.3, 0.4) is 0 Å². The Hall–Kier alpha value is -3.12. The zero-order chi connectivity index (χ0) is 16.9. The maximum Gasteiger partial charge on any atom is 0.229 e. The maximum atomic E-state index is 9.22. The van der Waals surface area contributed by atoms with Crippen molar-refractivity contribution in [3.8, 4) is 12.1 Å². The Morgan fingerprint density at radius 1 is 1.25 bits per heavy atom. The average molecular weight is 318 g/mol. The number of aromatic nitrogens is 2. The van der Waals surface area contributed by atoms with Crippen molar-refractivity contribution in [2.75, 3.05) is 10.6 Å². The van der Waals surface area contributed by atoms with Crippen LogP contribution < -0.4 is 10.6 Å². The third kappa shape index (κ3) is 3.44. The molecule has 1 aliphatic rings. The monoisotopic (exact) mass is 318 g/mol. The third-order valence-corrected chi connectivity index (χ3v) is 4.22. The van der Waals surface area contributed by atoms with Crippen LogP contribution in [0.4, 0.5) is 17.5 Å². The number of benzene rings is 1. The fourth-order valence-corrected chi connectivity index (χ4v) is 2.91. The van der Waals surface area contributed by atoms with Crippen molar-refractivity contribution in [2.45, 2.75) is 32.2 Å². The quantitative estimate of drug-likeness (QED) is 0.895. The normalized spacial score (nSPS) is 19.3. The number of hydrogen-bond donors (Lipinski definition) is 2. The molecule has 1 aromatic heterocycles. The molecule has 1 heterocycles. The lowest BCUT2D eigenvalue weighted by atomic mass is 10.1. The van der Waals surface area contributed by atoms with E-state index < -0.39 is 0 Å². The van der Waals surface area contributed by atoms with E-state index >= 15 is 0 Å². The van der Waals surface area contributed by atoms with Crippen LogP contribution in [-0.4, -0.2) is 16.0 Å². The smallest absolute Gasteiger partial charge is 0.229 e. The summed E-state index contributed by atoms with van der Waals surface area (Å²) in [5, 5.41) is 24.7. The van der Waals surface area contributed by atoms with Crippen molar-refractivity contribution in [1.29, 1.82) is 10.5 Å². The molecule has 1 fully saturated rings. The SMILES string of the molecule is Cc1cnc(Nc2cccc(C#N)c2)nc1N[C@@H]1CCC[C@H]1C#N. The Morgan fingerprint density at radius 2 is 2.12 bits per heavy atom. The Morgan fingerprint density at radius 3 is 2.92 bits per heavy atom. The summed E-state index contributed by atoms with van der Waals surface area (Å²) in [6, 6.07) is 11.8. The molecule has 1 saturated carbocycles. The van der Waals surface area contributed by atoms with Gasteiger partial charge in [-0.15, -0.1) is 0 Å². The summed E-state index contributed by atoms with van der Waals surface area (Å²) in [6.45, 7) is 1.94. The predicted octanol–water partition coefficient (Wildman–Crippen LogP) is 3.50. The number of nitriles is 2. The molecule has 3 rings (SSSR count). The van der Waals surface area contributed by atoms with Gasteiger partial charge in [0.05, 0.1) is 23.6 Å². The Labute approximate surface area is 141 Å². The van der Waals surface area contributed by atoms with E-state index in [1.165, 1.54) is 0 Å². The van der Waals surface area contributed by atoms with Crippen molar-refractivity contribution in [2.24, 2.45) is 5.92 Å². The van der Waals surface area contributed by atoms with Crippen LogP contribution >= 0.6 is 0 Å². The van der Waals surface area contributed by atoms with E-state index in [2.05, 4.69) is 32.7 Å². The Balaban J connectivity index is 1.78. The molecule has 1 aromatic carbocycles. The molecule has 0 unspecified atom stereocenters. The van der Waals surface area contributed by atoms with Gasteiger partial charge >= 0.3 is 0 Å². The number of nitrogens with one attached hydrogen (secondary N) is 2. The fraction of sp³-hybridized carbons (Fsp3) is 0.333. The number of aryl methyl sites for hydroxylation is 1. The van der Waals surface area contributed by atoms with Gasteiger partial charge in [-0.05, 0) is 44.4 Å². The first kappa shape index (κ1) is 15.8. The van der Waals surface area contributed by atoms with Crippen LogP contribution in [0.2, 0.25) is 0 Å². The minimum absolute atomic E-state index is 0.0306. The first-order valence-corrected chi connectivity index (χ1v) is 7.96. The van der Waals surface area contributed by atoms with Crippen LogP contribution in [0, 0.1) is 35.5 Å². The number of anilines is 3. The van der Waals surface area contributed by atoms with Crippen LogP contribution in [0.15, 0.2) is 30.5 Å². The van der Waals surface area contributed by atoms with Crippen LogP contribution in [0.25, 0.3) is 0 Å². The Kier molecular flexibility index (Phi) is 4.58. The molecule has 1 aliphatic carbocycles. The summed E-state index contributed by atoms with van der Waals surface area (Å²) >= 11 is 0. The predicted molar refractivity (Wildman–Crippen MR) is 91.6 cm³/mol. The van der Waals surface area contributed by atoms with E-state index in [0.717, 1.165) is 36.3 Å². The zero-order valence-electron chi connectivity index (χ0n) is 13.5. The minimum atomic E-state index is 0.0306. The fourth-order valence-electron chi connectivity index (χ4n) is 2.91. The molecule has 120 valence electrons. The second kappa shape index (κ2) is 6.97. The number of hydrogen-bond acceptors (Lipinski definition) is 6. The molecule has 2 N–H and O–H groups in total. The molecule has 24 heavy (non-hydrogen) atoms. The van der Waals surface area contributed by atoms with Crippen molar-refractivity contribution < 1.29 is 0 Å². The topological polar surface area (TPSA) is 97.4 Å². The van der Waals surface area contributed by atoms with Gasteiger partial charge in [0, 0.05) is 23.5 Å². The van der Waals surface area contributed by atoms with E-state index in [1.54, 1.807) is 18.3 Å². The van der Waals surface area contributed by atoms with Gasteiger partial charge in [0.2, 0.25) is 5.95 Å². The zero-order valence-corrected chi connectivity index (χ0v) is 13.5. The highest BCUT2D eigenvalue weighted by atomic mass is 15.1. The second-order valence-electron chi connectivity index (χ2n) is 5.96. The number of nitrogens with zero attached hydrogens (tertiary/aromatic N) is 4. The third-order valence-electron chi connectivity index (χ3n) is 4.22. The molecule has 0 aliphatic heterocycles.